The molecule has 5 heteroatoms. The molecule has 0 aliphatic heterocycles. The summed E-state index contributed by atoms with van der Waals surface area (Å²) in [5.41, 5.74) is 1.14. The van der Waals surface area contributed by atoms with Gasteiger partial charge in [0.25, 0.3) is 0 Å². The largest absolute Gasteiger partial charge is 0.493 e. The molecule has 0 bridgehead atoms. The third-order valence-electron chi connectivity index (χ3n) is 2.60. The van der Waals surface area contributed by atoms with Gasteiger partial charge < -0.3 is 19.5 Å². The maximum Gasteiger partial charge on any atom is 0.175 e. The standard InChI is InChI=1S/C15H24BrNO3/c1-11(2)10-19-5-6-20-15-13(16)7-12(9-17-3)8-14(15)18-4/h7-8,11,17H,5-6,9-10H2,1-4H3. The molecule has 0 saturated heterocycles. The minimum atomic E-state index is 0.507. The average Bonchev–Trinajstić information content (AvgIpc) is 2.40. The van der Waals surface area contributed by atoms with Crippen LogP contribution in [-0.4, -0.2) is 34.0 Å². The van der Waals surface area contributed by atoms with Crippen LogP contribution in [0.2, 0.25) is 0 Å². The van der Waals surface area contributed by atoms with Gasteiger partial charge in [0.05, 0.1) is 18.2 Å². The summed E-state index contributed by atoms with van der Waals surface area (Å²) in [6, 6.07) is 4.01. The highest BCUT2D eigenvalue weighted by molar-refractivity contribution is 9.10. The van der Waals surface area contributed by atoms with E-state index in [0.717, 1.165) is 34.7 Å². The van der Waals surface area contributed by atoms with Crippen molar-refractivity contribution in [1.82, 2.24) is 5.32 Å². The van der Waals surface area contributed by atoms with E-state index in [4.69, 9.17) is 14.2 Å². The Morgan fingerprint density at radius 2 is 2.00 bits per heavy atom. The number of methoxy groups -OCH3 is 1. The monoisotopic (exact) mass is 345 g/mol. The smallest absolute Gasteiger partial charge is 0.175 e. The van der Waals surface area contributed by atoms with Crippen molar-refractivity contribution >= 4 is 15.9 Å². The maximum absolute atomic E-state index is 5.76. The number of benzene rings is 1. The second-order valence-corrected chi connectivity index (χ2v) is 5.81. The topological polar surface area (TPSA) is 39.7 Å². The van der Waals surface area contributed by atoms with Gasteiger partial charge in [-0.1, -0.05) is 13.8 Å². The van der Waals surface area contributed by atoms with Crippen LogP contribution >= 0.6 is 15.9 Å². The molecule has 0 unspecified atom stereocenters. The zero-order valence-corrected chi connectivity index (χ0v) is 14.2. The van der Waals surface area contributed by atoms with Crippen LogP contribution in [0.4, 0.5) is 0 Å². The summed E-state index contributed by atoms with van der Waals surface area (Å²) in [6.07, 6.45) is 0. The highest BCUT2D eigenvalue weighted by Crippen LogP contribution is 2.36. The first-order chi connectivity index (χ1) is 9.58. The zero-order chi connectivity index (χ0) is 15.0. The number of hydrogen-bond acceptors (Lipinski definition) is 4. The second kappa shape index (κ2) is 9.21. The van der Waals surface area contributed by atoms with E-state index in [1.165, 1.54) is 0 Å². The van der Waals surface area contributed by atoms with Crippen LogP contribution in [0.3, 0.4) is 0 Å². The Morgan fingerprint density at radius 1 is 1.25 bits per heavy atom. The van der Waals surface area contributed by atoms with Gasteiger partial charge in [0, 0.05) is 13.2 Å². The lowest BCUT2D eigenvalue weighted by atomic mass is 10.2. The molecule has 0 fully saturated rings. The summed E-state index contributed by atoms with van der Waals surface area (Å²) in [4.78, 5) is 0. The van der Waals surface area contributed by atoms with E-state index >= 15 is 0 Å². The average molecular weight is 346 g/mol. The molecule has 20 heavy (non-hydrogen) atoms. The molecule has 4 nitrogen and oxygen atoms in total. The summed E-state index contributed by atoms with van der Waals surface area (Å²) in [6.45, 7) is 6.87. The van der Waals surface area contributed by atoms with Gasteiger partial charge in [-0.15, -0.1) is 0 Å². The molecule has 0 saturated carbocycles. The predicted octanol–water partition coefficient (Wildman–Crippen LogP) is 3.23. The van der Waals surface area contributed by atoms with Crippen LogP contribution in [-0.2, 0) is 11.3 Å². The highest BCUT2D eigenvalue weighted by Gasteiger charge is 2.11. The first-order valence-electron chi connectivity index (χ1n) is 6.80. The van der Waals surface area contributed by atoms with E-state index in [9.17, 15) is 0 Å². The first-order valence-corrected chi connectivity index (χ1v) is 7.59. The molecule has 1 aromatic carbocycles. The van der Waals surface area contributed by atoms with Gasteiger partial charge in [0.2, 0.25) is 0 Å². The molecule has 0 heterocycles. The molecule has 114 valence electrons. The molecule has 1 aromatic rings. The fourth-order valence-electron chi connectivity index (χ4n) is 1.74. The first kappa shape index (κ1) is 17.3. The Balaban J connectivity index is 2.60. The molecule has 0 aliphatic rings. The quantitative estimate of drug-likeness (QED) is 0.697. The molecule has 0 amide bonds. The van der Waals surface area contributed by atoms with Crippen molar-refractivity contribution in [3.8, 4) is 11.5 Å². The van der Waals surface area contributed by atoms with Gasteiger partial charge in [-0.3, -0.25) is 0 Å². The molecule has 0 radical (unpaired) electrons. The third-order valence-corrected chi connectivity index (χ3v) is 3.18. The lowest BCUT2D eigenvalue weighted by Crippen LogP contribution is -2.11. The van der Waals surface area contributed by atoms with Crippen molar-refractivity contribution in [2.24, 2.45) is 5.92 Å². The normalized spacial score (nSPS) is 10.9. The van der Waals surface area contributed by atoms with Gasteiger partial charge in [-0.25, -0.2) is 0 Å². The number of halogens is 1. The summed E-state index contributed by atoms with van der Waals surface area (Å²) in [5, 5.41) is 3.12. The summed E-state index contributed by atoms with van der Waals surface area (Å²) in [7, 11) is 3.56. The Kier molecular flexibility index (Phi) is 7.95. The van der Waals surface area contributed by atoms with E-state index in [2.05, 4.69) is 35.1 Å². The Bertz CT molecular complexity index is 410. The van der Waals surface area contributed by atoms with Crippen LogP contribution in [0, 0.1) is 5.92 Å². The Morgan fingerprint density at radius 3 is 2.60 bits per heavy atom. The Labute approximate surface area is 129 Å². The molecular formula is C15H24BrNO3. The van der Waals surface area contributed by atoms with Crippen molar-refractivity contribution in [1.29, 1.82) is 0 Å². The summed E-state index contributed by atoms with van der Waals surface area (Å²) >= 11 is 3.53. The lowest BCUT2D eigenvalue weighted by molar-refractivity contribution is 0.0808. The van der Waals surface area contributed by atoms with E-state index < -0.39 is 0 Å². The number of hydrogen-bond donors (Lipinski definition) is 1. The van der Waals surface area contributed by atoms with E-state index in [0.29, 0.717) is 19.1 Å². The maximum atomic E-state index is 5.76. The highest BCUT2D eigenvalue weighted by atomic mass is 79.9. The number of rotatable bonds is 9. The minimum absolute atomic E-state index is 0.507. The van der Waals surface area contributed by atoms with Crippen LogP contribution in [0.1, 0.15) is 19.4 Å². The van der Waals surface area contributed by atoms with Gasteiger partial charge >= 0.3 is 0 Å². The molecule has 0 aliphatic carbocycles. The van der Waals surface area contributed by atoms with Gasteiger partial charge in [0.1, 0.15) is 6.61 Å². The fraction of sp³-hybridized carbons (Fsp3) is 0.600. The van der Waals surface area contributed by atoms with Crippen molar-refractivity contribution in [2.75, 3.05) is 34.0 Å². The molecule has 1 N–H and O–H groups in total. The second-order valence-electron chi connectivity index (χ2n) is 4.96. The van der Waals surface area contributed by atoms with E-state index in [1.807, 2.05) is 19.2 Å². The van der Waals surface area contributed by atoms with Crippen LogP contribution < -0.4 is 14.8 Å². The number of ether oxygens (including phenoxy) is 3. The van der Waals surface area contributed by atoms with Gasteiger partial charge in [-0.2, -0.15) is 0 Å². The summed E-state index contributed by atoms with van der Waals surface area (Å²) in [5.74, 6) is 1.99. The molecule has 0 spiro atoms. The van der Waals surface area contributed by atoms with Gasteiger partial charge in [-0.05, 0) is 46.6 Å². The van der Waals surface area contributed by atoms with Crippen molar-refractivity contribution in [2.45, 2.75) is 20.4 Å². The van der Waals surface area contributed by atoms with Crippen molar-refractivity contribution in [3.05, 3.63) is 22.2 Å². The molecular weight excluding hydrogens is 322 g/mol. The number of nitrogens with one attached hydrogen (secondary N) is 1. The third kappa shape index (κ3) is 5.69. The van der Waals surface area contributed by atoms with Crippen LogP contribution in [0.5, 0.6) is 11.5 Å². The lowest BCUT2D eigenvalue weighted by Gasteiger charge is -2.15. The molecule has 0 atom stereocenters. The SMILES string of the molecule is CNCc1cc(Br)c(OCCOCC(C)C)c(OC)c1. The fourth-order valence-corrected chi connectivity index (χ4v) is 2.35. The zero-order valence-electron chi connectivity index (χ0n) is 12.7. The van der Waals surface area contributed by atoms with Crippen LogP contribution in [0.15, 0.2) is 16.6 Å². The van der Waals surface area contributed by atoms with E-state index in [1.54, 1.807) is 7.11 Å². The van der Waals surface area contributed by atoms with Crippen molar-refractivity contribution < 1.29 is 14.2 Å². The van der Waals surface area contributed by atoms with E-state index in [-0.39, 0.29) is 0 Å². The predicted molar refractivity (Wildman–Crippen MR) is 84.6 cm³/mol. The molecule has 0 aromatic heterocycles. The van der Waals surface area contributed by atoms with Gasteiger partial charge in [0.15, 0.2) is 11.5 Å². The molecule has 1 rings (SSSR count). The van der Waals surface area contributed by atoms with Crippen LogP contribution in [0.25, 0.3) is 0 Å². The minimum Gasteiger partial charge on any atom is -0.493 e. The van der Waals surface area contributed by atoms with Crippen molar-refractivity contribution in [3.63, 3.8) is 0 Å². The summed E-state index contributed by atoms with van der Waals surface area (Å²) < 4.78 is 17.5. The Hall–Kier alpha value is -0.780.